The number of nitrogens with one attached hydrogen (secondary N) is 1. The molecule has 0 saturated heterocycles. The number of rotatable bonds is 10. The molecule has 0 aliphatic rings. The lowest BCUT2D eigenvalue weighted by Gasteiger charge is -2.19. The average molecular weight is 281 g/mol. The Morgan fingerprint density at radius 1 is 1.16 bits per heavy atom. The molecule has 0 saturated carbocycles. The van der Waals surface area contributed by atoms with Crippen molar-refractivity contribution in [3.8, 4) is 5.75 Å². The van der Waals surface area contributed by atoms with Crippen molar-refractivity contribution in [1.82, 2.24) is 5.32 Å². The van der Waals surface area contributed by atoms with Crippen LogP contribution in [0, 0.1) is 0 Å². The van der Waals surface area contributed by atoms with E-state index in [1.165, 1.54) is 24.2 Å². The zero-order chi connectivity index (χ0) is 13.9. The summed E-state index contributed by atoms with van der Waals surface area (Å²) in [5.41, 5.74) is 1.37. The zero-order valence-corrected chi connectivity index (χ0v) is 13.3. The second-order valence-corrected chi connectivity index (χ2v) is 5.69. The van der Waals surface area contributed by atoms with E-state index in [-0.39, 0.29) is 0 Å². The molecule has 1 atom stereocenters. The summed E-state index contributed by atoms with van der Waals surface area (Å²) < 4.78 is 5.63. The molecule has 0 bridgehead atoms. The first-order chi connectivity index (χ1) is 9.31. The van der Waals surface area contributed by atoms with Gasteiger partial charge in [-0.05, 0) is 55.5 Å². The zero-order valence-electron chi connectivity index (χ0n) is 12.4. The van der Waals surface area contributed by atoms with E-state index in [1.54, 1.807) is 0 Å². The molecule has 0 amide bonds. The van der Waals surface area contributed by atoms with Crippen LogP contribution < -0.4 is 10.1 Å². The number of thioether (sulfide) groups is 1. The molecule has 1 rings (SSSR count). The Hall–Kier alpha value is -0.670. The Bertz CT molecular complexity index is 318. The van der Waals surface area contributed by atoms with Crippen LogP contribution in [0.3, 0.4) is 0 Å². The summed E-state index contributed by atoms with van der Waals surface area (Å²) in [7, 11) is 0. The van der Waals surface area contributed by atoms with Crippen molar-refractivity contribution in [2.75, 3.05) is 25.2 Å². The predicted octanol–water partition coefficient (Wildman–Crippen LogP) is 4.27. The van der Waals surface area contributed by atoms with Gasteiger partial charge >= 0.3 is 0 Å². The first kappa shape index (κ1) is 16.4. The van der Waals surface area contributed by atoms with Crippen molar-refractivity contribution >= 4 is 11.8 Å². The number of hydrogen-bond acceptors (Lipinski definition) is 3. The molecule has 0 radical (unpaired) electrons. The highest BCUT2D eigenvalue weighted by atomic mass is 32.2. The van der Waals surface area contributed by atoms with Gasteiger partial charge in [0.05, 0.1) is 6.61 Å². The highest BCUT2D eigenvalue weighted by Gasteiger charge is 2.10. The summed E-state index contributed by atoms with van der Waals surface area (Å²) in [6.07, 6.45) is 5.57. The minimum absolute atomic E-state index is 0.465. The lowest BCUT2D eigenvalue weighted by atomic mass is 10.0. The summed E-state index contributed by atoms with van der Waals surface area (Å²) in [4.78, 5) is 0. The van der Waals surface area contributed by atoms with Gasteiger partial charge in [0.2, 0.25) is 0 Å². The van der Waals surface area contributed by atoms with Crippen molar-refractivity contribution in [1.29, 1.82) is 0 Å². The standard InChI is InChI=1S/C16H27NOS/c1-4-11-17-16(10-13-19-3)14-6-8-15(9-7-14)18-12-5-2/h6-9,16-17H,4-5,10-13H2,1-3H3. The number of ether oxygens (including phenoxy) is 1. The lowest BCUT2D eigenvalue weighted by molar-refractivity contribution is 0.317. The quantitative estimate of drug-likeness (QED) is 0.692. The molecule has 1 N–H and O–H groups in total. The molecular formula is C16H27NOS. The van der Waals surface area contributed by atoms with Gasteiger partial charge in [-0.2, -0.15) is 11.8 Å². The Labute approximate surface area is 122 Å². The molecule has 0 aliphatic heterocycles. The maximum atomic E-state index is 5.63. The van der Waals surface area contributed by atoms with Crippen LogP contribution in [0.2, 0.25) is 0 Å². The fraction of sp³-hybridized carbons (Fsp3) is 0.625. The molecule has 108 valence electrons. The number of hydrogen-bond donors (Lipinski definition) is 1. The van der Waals surface area contributed by atoms with Gasteiger partial charge in [0.25, 0.3) is 0 Å². The first-order valence-corrected chi connectivity index (χ1v) is 8.66. The normalized spacial score (nSPS) is 12.4. The maximum Gasteiger partial charge on any atom is 0.119 e. The molecule has 1 unspecified atom stereocenters. The fourth-order valence-electron chi connectivity index (χ4n) is 1.96. The van der Waals surface area contributed by atoms with Gasteiger partial charge < -0.3 is 10.1 Å². The van der Waals surface area contributed by atoms with E-state index >= 15 is 0 Å². The van der Waals surface area contributed by atoms with E-state index in [1.807, 2.05) is 11.8 Å². The van der Waals surface area contributed by atoms with Crippen molar-refractivity contribution in [2.45, 2.75) is 39.2 Å². The number of benzene rings is 1. The van der Waals surface area contributed by atoms with E-state index in [4.69, 9.17) is 4.74 Å². The Kier molecular flexibility index (Phi) is 8.76. The van der Waals surface area contributed by atoms with Gasteiger partial charge in [-0.15, -0.1) is 0 Å². The highest BCUT2D eigenvalue weighted by Crippen LogP contribution is 2.21. The van der Waals surface area contributed by atoms with Gasteiger partial charge in [0.15, 0.2) is 0 Å². The minimum Gasteiger partial charge on any atom is -0.494 e. The third-order valence-corrected chi connectivity index (χ3v) is 3.65. The molecule has 3 heteroatoms. The fourth-order valence-corrected chi connectivity index (χ4v) is 2.43. The average Bonchev–Trinajstić information content (AvgIpc) is 2.46. The first-order valence-electron chi connectivity index (χ1n) is 7.26. The summed E-state index contributed by atoms with van der Waals surface area (Å²) in [6.45, 7) is 6.21. The molecule has 0 heterocycles. The molecule has 0 aliphatic carbocycles. The molecule has 0 fully saturated rings. The van der Waals surface area contributed by atoms with Crippen LogP contribution in [0.1, 0.15) is 44.7 Å². The second-order valence-electron chi connectivity index (χ2n) is 4.71. The van der Waals surface area contributed by atoms with E-state index in [0.717, 1.165) is 25.3 Å². The van der Waals surface area contributed by atoms with Crippen molar-refractivity contribution in [3.05, 3.63) is 29.8 Å². The van der Waals surface area contributed by atoms with Crippen LogP contribution in [0.25, 0.3) is 0 Å². The van der Waals surface area contributed by atoms with Gasteiger partial charge in [-0.25, -0.2) is 0 Å². The monoisotopic (exact) mass is 281 g/mol. The third kappa shape index (κ3) is 6.35. The molecule has 0 aromatic heterocycles. The molecule has 0 spiro atoms. The Balaban J connectivity index is 2.61. The SMILES string of the molecule is CCCNC(CCSC)c1ccc(OCCC)cc1. The van der Waals surface area contributed by atoms with Crippen LogP contribution in [-0.2, 0) is 0 Å². The summed E-state index contributed by atoms with van der Waals surface area (Å²) in [5, 5.41) is 3.63. The highest BCUT2D eigenvalue weighted by molar-refractivity contribution is 7.98. The van der Waals surface area contributed by atoms with Crippen molar-refractivity contribution < 1.29 is 4.74 Å². The van der Waals surface area contributed by atoms with Crippen LogP contribution in [-0.4, -0.2) is 25.2 Å². The van der Waals surface area contributed by atoms with Gasteiger partial charge in [0, 0.05) is 6.04 Å². The smallest absolute Gasteiger partial charge is 0.119 e. The predicted molar refractivity (Wildman–Crippen MR) is 86.3 cm³/mol. The molecule has 1 aromatic rings. The molecule has 2 nitrogen and oxygen atoms in total. The largest absolute Gasteiger partial charge is 0.494 e. The van der Waals surface area contributed by atoms with Gasteiger partial charge in [-0.3, -0.25) is 0 Å². The van der Waals surface area contributed by atoms with E-state index in [9.17, 15) is 0 Å². The van der Waals surface area contributed by atoms with E-state index in [0.29, 0.717) is 6.04 Å². The summed E-state index contributed by atoms with van der Waals surface area (Å²) >= 11 is 1.91. The van der Waals surface area contributed by atoms with Crippen LogP contribution in [0.4, 0.5) is 0 Å². The second kappa shape index (κ2) is 10.2. The third-order valence-electron chi connectivity index (χ3n) is 3.01. The molecular weight excluding hydrogens is 254 g/mol. The van der Waals surface area contributed by atoms with Crippen LogP contribution in [0.15, 0.2) is 24.3 Å². The maximum absolute atomic E-state index is 5.63. The van der Waals surface area contributed by atoms with Gasteiger partial charge in [0.1, 0.15) is 5.75 Å². The van der Waals surface area contributed by atoms with E-state index < -0.39 is 0 Å². The Morgan fingerprint density at radius 2 is 1.89 bits per heavy atom. The van der Waals surface area contributed by atoms with Crippen molar-refractivity contribution in [3.63, 3.8) is 0 Å². The van der Waals surface area contributed by atoms with Crippen LogP contribution >= 0.6 is 11.8 Å². The van der Waals surface area contributed by atoms with Crippen LogP contribution in [0.5, 0.6) is 5.75 Å². The summed E-state index contributed by atoms with van der Waals surface area (Å²) in [6, 6.07) is 9.03. The Morgan fingerprint density at radius 3 is 2.47 bits per heavy atom. The van der Waals surface area contributed by atoms with Crippen molar-refractivity contribution in [2.24, 2.45) is 0 Å². The molecule has 1 aromatic carbocycles. The minimum atomic E-state index is 0.465. The topological polar surface area (TPSA) is 21.3 Å². The summed E-state index contributed by atoms with van der Waals surface area (Å²) in [5.74, 6) is 2.17. The van der Waals surface area contributed by atoms with Gasteiger partial charge in [-0.1, -0.05) is 26.0 Å². The van der Waals surface area contributed by atoms with E-state index in [2.05, 4.69) is 49.7 Å². The lowest BCUT2D eigenvalue weighted by Crippen LogP contribution is -2.22. The molecule has 19 heavy (non-hydrogen) atoms.